The Morgan fingerprint density at radius 2 is 2.08 bits per heavy atom. The second-order valence-corrected chi connectivity index (χ2v) is 7.17. The number of aryl methyl sites for hydroxylation is 2. The van der Waals surface area contributed by atoms with Gasteiger partial charge in [-0.25, -0.2) is 9.18 Å². The minimum atomic E-state index is -0.966. The summed E-state index contributed by atoms with van der Waals surface area (Å²) in [7, 11) is 0. The van der Waals surface area contributed by atoms with Crippen LogP contribution in [-0.4, -0.2) is 39.9 Å². The lowest BCUT2D eigenvalue weighted by Gasteiger charge is -2.11. The number of likely N-dealkylation sites (tertiary alicyclic amines) is 1. The van der Waals surface area contributed by atoms with Crippen LogP contribution in [0.2, 0.25) is 0 Å². The average Bonchev–Trinajstić information content (AvgIpc) is 3.12. The standard InChI is InChI=1S/C17H20FN3O2S/c1-11-5-12(2)7-14(6-11)21-9-15(10-22)24-17(21)19-16(23)20-4-3-13(18)8-20/h5-7,9,13,22H,3-4,8,10H2,1-2H3/t13-/m1/s1. The van der Waals surface area contributed by atoms with Crippen molar-refractivity contribution in [3.05, 3.63) is 45.2 Å². The van der Waals surface area contributed by atoms with Crippen molar-refractivity contribution >= 4 is 17.4 Å². The van der Waals surface area contributed by atoms with Crippen LogP contribution in [0.4, 0.5) is 9.18 Å². The predicted molar refractivity (Wildman–Crippen MR) is 91.1 cm³/mol. The number of amides is 2. The number of aromatic nitrogens is 1. The average molecular weight is 349 g/mol. The van der Waals surface area contributed by atoms with Crippen LogP contribution in [0.5, 0.6) is 0 Å². The van der Waals surface area contributed by atoms with E-state index < -0.39 is 12.2 Å². The molecule has 0 radical (unpaired) electrons. The first-order valence-corrected chi connectivity index (χ1v) is 8.66. The molecule has 1 saturated heterocycles. The molecule has 0 unspecified atom stereocenters. The maximum atomic E-state index is 13.3. The first-order valence-electron chi connectivity index (χ1n) is 7.85. The van der Waals surface area contributed by atoms with E-state index in [1.54, 1.807) is 10.8 Å². The number of benzene rings is 1. The van der Waals surface area contributed by atoms with Gasteiger partial charge in [0.05, 0.1) is 18.0 Å². The molecule has 0 aliphatic carbocycles. The molecular weight excluding hydrogens is 329 g/mol. The molecule has 24 heavy (non-hydrogen) atoms. The minimum Gasteiger partial charge on any atom is -0.391 e. The number of halogens is 1. The van der Waals surface area contributed by atoms with Gasteiger partial charge in [-0.2, -0.15) is 4.99 Å². The maximum absolute atomic E-state index is 13.3. The van der Waals surface area contributed by atoms with E-state index in [-0.39, 0.29) is 13.2 Å². The van der Waals surface area contributed by atoms with Crippen LogP contribution in [0.25, 0.3) is 5.69 Å². The second-order valence-electron chi connectivity index (χ2n) is 6.08. The molecule has 128 valence electrons. The van der Waals surface area contributed by atoms with E-state index in [2.05, 4.69) is 11.1 Å². The lowest BCUT2D eigenvalue weighted by atomic mass is 10.1. The Hall–Kier alpha value is -1.99. The summed E-state index contributed by atoms with van der Waals surface area (Å²) < 4.78 is 15.1. The van der Waals surface area contributed by atoms with Gasteiger partial charge in [-0.05, 0) is 43.5 Å². The molecule has 0 spiro atoms. The molecule has 7 heteroatoms. The zero-order chi connectivity index (χ0) is 17.3. The van der Waals surface area contributed by atoms with Gasteiger partial charge in [-0.3, -0.25) is 4.57 Å². The monoisotopic (exact) mass is 349 g/mol. The number of nitrogens with zero attached hydrogens (tertiary/aromatic N) is 3. The fraction of sp³-hybridized carbons (Fsp3) is 0.412. The molecule has 5 nitrogen and oxygen atoms in total. The van der Waals surface area contributed by atoms with E-state index in [1.165, 1.54) is 16.2 Å². The molecule has 3 rings (SSSR count). The second kappa shape index (κ2) is 6.86. The fourth-order valence-corrected chi connectivity index (χ4v) is 3.70. The molecule has 1 aliphatic heterocycles. The van der Waals surface area contributed by atoms with Gasteiger partial charge in [-0.15, -0.1) is 0 Å². The zero-order valence-corrected chi connectivity index (χ0v) is 14.5. The van der Waals surface area contributed by atoms with Gasteiger partial charge in [-0.1, -0.05) is 17.4 Å². The topological polar surface area (TPSA) is 57.8 Å². The van der Waals surface area contributed by atoms with Crippen molar-refractivity contribution < 1.29 is 14.3 Å². The quantitative estimate of drug-likeness (QED) is 0.906. The van der Waals surface area contributed by atoms with E-state index in [1.807, 2.05) is 26.0 Å². The van der Waals surface area contributed by atoms with Crippen molar-refractivity contribution in [2.75, 3.05) is 13.1 Å². The van der Waals surface area contributed by atoms with Gasteiger partial charge in [0.1, 0.15) is 6.17 Å². The van der Waals surface area contributed by atoms with Crippen LogP contribution in [-0.2, 0) is 6.61 Å². The molecule has 0 bridgehead atoms. The van der Waals surface area contributed by atoms with Crippen molar-refractivity contribution in [2.24, 2.45) is 4.99 Å². The molecule has 2 heterocycles. The van der Waals surface area contributed by atoms with Gasteiger partial charge >= 0.3 is 6.03 Å². The Morgan fingerprint density at radius 1 is 1.38 bits per heavy atom. The summed E-state index contributed by atoms with van der Waals surface area (Å²) in [6.07, 6.45) is 1.18. The number of urea groups is 1. The van der Waals surface area contributed by atoms with Crippen molar-refractivity contribution in [1.29, 1.82) is 0 Å². The molecule has 1 fully saturated rings. The van der Waals surface area contributed by atoms with Gasteiger partial charge in [0, 0.05) is 18.4 Å². The minimum absolute atomic E-state index is 0.101. The lowest BCUT2D eigenvalue weighted by Crippen LogP contribution is -2.28. The van der Waals surface area contributed by atoms with Crippen molar-refractivity contribution in [3.63, 3.8) is 0 Å². The third-order valence-electron chi connectivity index (χ3n) is 3.93. The summed E-state index contributed by atoms with van der Waals surface area (Å²) in [5, 5.41) is 9.42. The highest BCUT2D eigenvalue weighted by Gasteiger charge is 2.25. The van der Waals surface area contributed by atoms with Crippen LogP contribution in [0.15, 0.2) is 29.4 Å². The highest BCUT2D eigenvalue weighted by Crippen LogP contribution is 2.16. The van der Waals surface area contributed by atoms with Gasteiger partial charge in [0.25, 0.3) is 0 Å². The summed E-state index contributed by atoms with van der Waals surface area (Å²) >= 11 is 1.26. The van der Waals surface area contributed by atoms with Crippen LogP contribution in [0.3, 0.4) is 0 Å². The molecule has 2 amide bonds. The summed E-state index contributed by atoms with van der Waals surface area (Å²) in [6, 6.07) is 5.63. The smallest absolute Gasteiger partial charge is 0.346 e. The Morgan fingerprint density at radius 3 is 2.67 bits per heavy atom. The van der Waals surface area contributed by atoms with Gasteiger partial charge in [0.15, 0.2) is 4.80 Å². The molecule has 2 aromatic rings. The zero-order valence-electron chi connectivity index (χ0n) is 13.7. The molecule has 1 aromatic heterocycles. The predicted octanol–water partition coefficient (Wildman–Crippen LogP) is 2.71. The Kier molecular flexibility index (Phi) is 4.82. The van der Waals surface area contributed by atoms with Gasteiger partial charge < -0.3 is 10.0 Å². The molecule has 1 aliphatic rings. The molecule has 0 saturated carbocycles. The molecule has 1 aromatic carbocycles. The van der Waals surface area contributed by atoms with Gasteiger partial charge in [0.2, 0.25) is 0 Å². The summed E-state index contributed by atoms with van der Waals surface area (Å²) in [5.41, 5.74) is 3.09. The number of aliphatic hydroxyl groups is 1. The van der Waals surface area contributed by atoms with Crippen LogP contribution >= 0.6 is 11.3 Å². The maximum Gasteiger partial charge on any atom is 0.346 e. The third kappa shape index (κ3) is 3.57. The first-order chi connectivity index (χ1) is 11.5. The first kappa shape index (κ1) is 16.9. The number of hydrogen-bond donors (Lipinski definition) is 1. The summed E-state index contributed by atoms with van der Waals surface area (Å²) in [4.78, 5) is 19.1. The normalized spacial score (nSPS) is 18.4. The lowest BCUT2D eigenvalue weighted by molar-refractivity contribution is 0.213. The highest BCUT2D eigenvalue weighted by atomic mass is 32.1. The van der Waals surface area contributed by atoms with E-state index in [0.717, 1.165) is 16.8 Å². The largest absolute Gasteiger partial charge is 0.391 e. The van der Waals surface area contributed by atoms with Crippen LogP contribution in [0, 0.1) is 13.8 Å². The Bertz CT molecular complexity index is 807. The Labute approximate surface area is 143 Å². The SMILES string of the molecule is Cc1cc(C)cc(-n2cc(CO)sc2=NC(=O)N2CC[C@@H](F)C2)c1. The molecule has 1 atom stereocenters. The van der Waals surface area contributed by atoms with E-state index in [4.69, 9.17) is 0 Å². The van der Waals surface area contributed by atoms with Crippen molar-refractivity contribution in [1.82, 2.24) is 9.47 Å². The van der Waals surface area contributed by atoms with Crippen LogP contribution < -0.4 is 4.80 Å². The van der Waals surface area contributed by atoms with Crippen LogP contribution in [0.1, 0.15) is 22.4 Å². The summed E-state index contributed by atoms with van der Waals surface area (Å²) in [5.74, 6) is 0. The molecule has 1 N–H and O–H groups in total. The highest BCUT2D eigenvalue weighted by molar-refractivity contribution is 7.09. The number of aliphatic hydroxyl groups excluding tert-OH is 1. The number of alkyl halides is 1. The number of rotatable bonds is 2. The van der Waals surface area contributed by atoms with Crippen molar-refractivity contribution in [2.45, 2.75) is 33.0 Å². The van der Waals surface area contributed by atoms with E-state index in [0.29, 0.717) is 22.6 Å². The van der Waals surface area contributed by atoms with Crippen molar-refractivity contribution in [3.8, 4) is 5.69 Å². The fourth-order valence-electron chi connectivity index (χ4n) is 2.86. The number of hydrogen-bond acceptors (Lipinski definition) is 3. The number of carbonyl (C=O) groups excluding carboxylic acids is 1. The van der Waals surface area contributed by atoms with E-state index >= 15 is 0 Å². The number of thiazole rings is 1. The number of carbonyl (C=O) groups is 1. The summed E-state index contributed by atoms with van der Waals surface area (Å²) in [6.45, 7) is 4.39. The third-order valence-corrected chi connectivity index (χ3v) is 4.90. The Balaban J connectivity index is 2.03. The van der Waals surface area contributed by atoms with E-state index in [9.17, 15) is 14.3 Å². The molecular formula is C17H20FN3O2S.